The number of nitrogens with zero attached hydrogens (tertiary/aromatic N) is 4. The van der Waals surface area contributed by atoms with Crippen LogP contribution in [0.1, 0.15) is 73.8 Å². The van der Waals surface area contributed by atoms with Crippen LogP contribution in [0, 0.1) is 6.92 Å². The van der Waals surface area contributed by atoms with Gasteiger partial charge in [0.15, 0.2) is 5.65 Å². The maximum absolute atomic E-state index is 12.8. The summed E-state index contributed by atoms with van der Waals surface area (Å²) >= 11 is 0. The van der Waals surface area contributed by atoms with Crippen LogP contribution in [0.15, 0.2) is 23.1 Å². The number of fused-ring (bicyclic) bond motifs is 1. The highest BCUT2D eigenvalue weighted by atomic mass is 19.4. The molecule has 1 fully saturated rings. The highest BCUT2D eigenvalue weighted by Gasteiger charge is 2.32. The number of hydrogen-bond donors (Lipinski definition) is 1. The molecule has 3 aromatic heterocycles. The fourth-order valence-corrected chi connectivity index (χ4v) is 4.07. The van der Waals surface area contributed by atoms with Crippen molar-refractivity contribution in [1.82, 2.24) is 24.7 Å². The molecule has 1 saturated carbocycles. The van der Waals surface area contributed by atoms with E-state index in [1.807, 2.05) is 6.92 Å². The molecule has 0 spiro atoms. The van der Waals surface area contributed by atoms with Gasteiger partial charge < -0.3 is 4.98 Å². The van der Waals surface area contributed by atoms with Crippen molar-refractivity contribution < 1.29 is 13.2 Å². The predicted molar refractivity (Wildman–Crippen MR) is 102 cm³/mol. The lowest BCUT2D eigenvalue weighted by Gasteiger charge is -2.20. The molecule has 4 rings (SSSR count). The van der Waals surface area contributed by atoms with E-state index in [0.717, 1.165) is 37.4 Å². The lowest BCUT2D eigenvalue weighted by Crippen LogP contribution is -2.14. The van der Waals surface area contributed by atoms with Gasteiger partial charge in [0.05, 0.1) is 11.7 Å². The Morgan fingerprint density at radius 1 is 1.21 bits per heavy atom. The zero-order valence-electron chi connectivity index (χ0n) is 16.3. The van der Waals surface area contributed by atoms with E-state index in [9.17, 15) is 18.0 Å². The van der Waals surface area contributed by atoms with Crippen LogP contribution in [-0.4, -0.2) is 24.7 Å². The van der Waals surface area contributed by atoms with Gasteiger partial charge >= 0.3 is 6.18 Å². The van der Waals surface area contributed by atoms with Crippen molar-refractivity contribution in [2.45, 2.75) is 64.1 Å². The Balaban J connectivity index is 1.81. The van der Waals surface area contributed by atoms with Crippen LogP contribution in [0.3, 0.4) is 0 Å². The van der Waals surface area contributed by atoms with Gasteiger partial charge in [-0.3, -0.25) is 9.78 Å². The van der Waals surface area contributed by atoms with Gasteiger partial charge in [-0.15, -0.1) is 0 Å². The normalized spacial score (nSPS) is 17.0. The molecule has 1 aliphatic carbocycles. The Kier molecular flexibility index (Phi) is 4.92. The fraction of sp³-hybridized carbons (Fsp3) is 0.500. The zero-order chi connectivity index (χ0) is 20.8. The Bertz CT molecular complexity index is 1080. The summed E-state index contributed by atoms with van der Waals surface area (Å²) in [6.07, 6.45) is 2.02. The van der Waals surface area contributed by atoms with E-state index in [4.69, 9.17) is 5.10 Å². The molecule has 0 radical (unpaired) electrons. The number of aromatic nitrogens is 5. The maximum atomic E-state index is 12.8. The second-order valence-corrected chi connectivity index (χ2v) is 7.67. The van der Waals surface area contributed by atoms with Crippen molar-refractivity contribution in [3.8, 4) is 0 Å². The number of aromatic amines is 1. The van der Waals surface area contributed by atoms with Gasteiger partial charge in [-0.1, -0.05) is 25.3 Å². The minimum Gasteiger partial charge on any atom is -0.310 e. The van der Waals surface area contributed by atoms with E-state index in [-0.39, 0.29) is 11.5 Å². The molecule has 1 unspecified atom stereocenters. The van der Waals surface area contributed by atoms with Gasteiger partial charge in [0, 0.05) is 12.1 Å². The standard InChI is InChI=1S/C20H22F3N5O/c1-11(14-8-9-15(24-10-14)20(21,22)23)28-18-16(19(29)26-12(2)25-18)17(27-28)13-6-4-3-5-7-13/h8-11,13H,3-7H2,1-2H3,(H,25,26,29). The summed E-state index contributed by atoms with van der Waals surface area (Å²) in [5.74, 6) is 0.660. The lowest BCUT2D eigenvalue weighted by molar-refractivity contribution is -0.141. The first-order valence-electron chi connectivity index (χ1n) is 9.78. The molecular formula is C20H22F3N5O. The van der Waals surface area contributed by atoms with Gasteiger partial charge in [-0.05, 0) is 38.3 Å². The molecule has 1 N–H and O–H groups in total. The van der Waals surface area contributed by atoms with E-state index in [0.29, 0.717) is 22.4 Å². The van der Waals surface area contributed by atoms with Crippen LogP contribution in [0.25, 0.3) is 11.0 Å². The van der Waals surface area contributed by atoms with Gasteiger partial charge in [-0.2, -0.15) is 18.3 Å². The molecule has 0 aromatic carbocycles. The molecule has 1 atom stereocenters. The monoisotopic (exact) mass is 405 g/mol. The molecular weight excluding hydrogens is 383 g/mol. The first-order valence-corrected chi connectivity index (χ1v) is 9.78. The van der Waals surface area contributed by atoms with Crippen molar-refractivity contribution in [2.75, 3.05) is 0 Å². The number of rotatable bonds is 3. The highest BCUT2D eigenvalue weighted by molar-refractivity contribution is 5.78. The molecule has 3 aromatic rings. The smallest absolute Gasteiger partial charge is 0.310 e. The second-order valence-electron chi connectivity index (χ2n) is 7.67. The molecule has 0 bridgehead atoms. The predicted octanol–water partition coefficient (Wildman–Crippen LogP) is 4.50. The summed E-state index contributed by atoms with van der Waals surface area (Å²) in [6, 6.07) is 1.94. The topological polar surface area (TPSA) is 76.5 Å². The van der Waals surface area contributed by atoms with E-state index in [1.54, 1.807) is 11.6 Å². The molecule has 154 valence electrons. The maximum Gasteiger partial charge on any atom is 0.433 e. The largest absolute Gasteiger partial charge is 0.433 e. The SMILES string of the molecule is Cc1nc2c(c(C3CCCCC3)nn2C(C)c2ccc(C(F)(F)F)nc2)c(=O)[nH]1. The first kappa shape index (κ1) is 19.6. The van der Waals surface area contributed by atoms with E-state index < -0.39 is 17.9 Å². The number of halogens is 3. The summed E-state index contributed by atoms with van der Waals surface area (Å²) in [6.45, 7) is 3.52. The Morgan fingerprint density at radius 3 is 2.55 bits per heavy atom. The molecule has 3 heterocycles. The van der Waals surface area contributed by atoms with Crippen LogP contribution in [0.5, 0.6) is 0 Å². The Labute approximate surface area is 165 Å². The van der Waals surface area contributed by atoms with E-state index >= 15 is 0 Å². The summed E-state index contributed by atoms with van der Waals surface area (Å²) in [5, 5.41) is 5.23. The van der Waals surface area contributed by atoms with E-state index in [2.05, 4.69) is 15.0 Å². The minimum absolute atomic E-state index is 0.191. The summed E-state index contributed by atoms with van der Waals surface area (Å²) < 4.78 is 40.1. The summed E-state index contributed by atoms with van der Waals surface area (Å²) in [5.41, 5.74) is 0.598. The molecule has 0 saturated heterocycles. The Morgan fingerprint density at radius 2 is 1.93 bits per heavy atom. The van der Waals surface area contributed by atoms with Crippen LogP contribution in [0.4, 0.5) is 13.2 Å². The summed E-state index contributed by atoms with van der Waals surface area (Å²) in [7, 11) is 0. The van der Waals surface area contributed by atoms with Gasteiger partial charge in [0.2, 0.25) is 0 Å². The fourth-order valence-electron chi connectivity index (χ4n) is 4.07. The highest BCUT2D eigenvalue weighted by Crippen LogP contribution is 2.36. The van der Waals surface area contributed by atoms with Crippen molar-refractivity contribution >= 4 is 11.0 Å². The third kappa shape index (κ3) is 3.65. The molecule has 0 aliphatic heterocycles. The third-order valence-corrected chi connectivity index (χ3v) is 5.63. The number of H-pyrrole nitrogens is 1. The second kappa shape index (κ2) is 7.27. The first-order chi connectivity index (χ1) is 13.8. The molecule has 6 nitrogen and oxygen atoms in total. The molecule has 0 amide bonds. The molecule has 29 heavy (non-hydrogen) atoms. The van der Waals surface area contributed by atoms with Crippen molar-refractivity contribution in [3.63, 3.8) is 0 Å². The van der Waals surface area contributed by atoms with Crippen molar-refractivity contribution in [2.24, 2.45) is 0 Å². The van der Waals surface area contributed by atoms with Crippen LogP contribution < -0.4 is 5.56 Å². The van der Waals surface area contributed by atoms with Gasteiger partial charge in [0.1, 0.15) is 16.9 Å². The molecule has 1 aliphatic rings. The number of pyridine rings is 1. The number of aryl methyl sites for hydroxylation is 1. The number of nitrogens with one attached hydrogen (secondary N) is 1. The zero-order valence-corrected chi connectivity index (χ0v) is 16.3. The van der Waals surface area contributed by atoms with Crippen LogP contribution in [-0.2, 0) is 6.18 Å². The molecule has 9 heteroatoms. The number of alkyl halides is 3. The summed E-state index contributed by atoms with van der Waals surface area (Å²) in [4.78, 5) is 23.5. The lowest BCUT2D eigenvalue weighted by atomic mass is 9.86. The van der Waals surface area contributed by atoms with Crippen LogP contribution in [0.2, 0.25) is 0 Å². The quantitative estimate of drug-likeness (QED) is 0.696. The minimum atomic E-state index is -4.49. The van der Waals surface area contributed by atoms with Crippen LogP contribution >= 0.6 is 0 Å². The average Bonchev–Trinajstić information content (AvgIpc) is 3.07. The Hall–Kier alpha value is -2.71. The van der Waals surface area contributed by atoms with E-state index in [1.165, 1.54) is 18.7 Å². The van der Waals surface area contributed by atoms with Gasteiger partial charge in [-0.25, -0.2) is 9.67 Å². The number of hydrogen-bond acceptors (Lipinski definition) is 4. The van der Waals surface area contributed by atoms with Crippen molar-refractivity contribution in [1.29, 1.82) is 0 Å². The van der Waals surface area contributed by atoms with Crippen molar-refractivity contribution in [3.05, 3.63) is 51.5 Å². The van der Waals surface area contributed by atoms with Gasteiger partial charge in [0.25, 0.3) is 5.56 Å². The third-order valence-electron chi connectivity index (χ3n) is 5.63. The average molecular weight is 405 g/mol.